The molecule has 1 aliphatic rings. The van der Waals surface area contributed by atoms with Crippen LogP contribution >= 0.6 is 0 Å². The lowest BCUT2D eigenvalue weighted by Gasteiger charge is -2.33. The smallest absolute Gasteiger partial charge is 0.290 e. The average molecular weight is 350 g/mol. The fraction of sp³-hybridized carbons (Fsp3) is 0.333. The van der Waals surface area contributed by atoms with E-state index >= 15 is 0 Å². The number of furan rings is 1. The SMILES string of the molecule is CNC(=O)[C@@H]1CCCCN1C(=O)c1oc2c(ccc3ccccc32)c1C. The normalized spacial score (nSPS) is 17.6. The molecule has 1 N–H and O–H groups in total. The third-order valence-corrected chi connectivity index (χ3v) is 5.34. The van der Waals surface area contributed by atoms with Gasteiger partial charge in [-0.15, -0.1) is 0 Å². The molecule has 2 amide bonds. The maximum Gasteiger partial charge on any atom is 0.290 e. The minimum atomic E-state index is -0.425. The maximum absolute atomic E-state index is 13.2. The van der Waals surface area contributed by atoms with Crippen molar-refractivity contribution in [3.8, 4) is 0 Å². The van der Waals surface area contributed by atoms with Crippen LogP contribution in [0.25, 0.3) is 21.7 Å². The van der Waals surface area contributed by atoms with E-state index in [1.54, 1.807) is 11.9 Å². The standard InChI is InChI=1S/C21H22N2O3/c1-13-15-11-10-14-7-3-4-8-16(14)19(15)26-18(13)21(25)23-12-6-5-9-17(23)20(24)22-2/h3-4,7-8,10-11,17H,5-6,9,12H2,1-2H3,(H,22,24)/t17-/m0/s1. The van der Waals surface area contributed by atoms with E-state index in [1.807, 2.05) is 43.3 Å². The Morgan fingerprint density at radius 2 is 1.92 bits per heavy atom. The van der Waals surface area contributed by atoms with E-state index < -0.39 is 6.04 Å². The zero-order valence-electron chi connectivity index (χ0n) is 15.0. The van der Waals surface area contributed by atoms with Gasteiger partial charge in [-0.25, -0.2) is 0 Å². The van der Waals surface area contributed by atoms with Gasteiger partial charge in [0, 0.05) is 29.9 Å². The summed E-state index contributed by atoms with van der Waals surface area (Å²) in [5.74, 6) is 0.0282. The highest BCUT2D eigenvalue weighted by atomic mass is 16.3. The van der Waals surface area contributed by atoms with E-state index in [2.05, 4.69) is 5.32 Å². The van der Waals surface area contributed by atoms with E-state index in [4.69, 9.17) is 4.42 Å². The first-order valence-electron chi connectivity index (χ1n) is 9.05. The zero-order valence-corrected chi connectivity index (χ0v) is 15.0. The predicted octanol–water partition coefficient (Wildman–Crippen LogP) is 3.64. The van der Waals surface area contributed by atoms with Gasteiger partial charge in [0.05, 0.1) is 0 Å². The molecule has 134 valence electrons. The van der Waals surface area contributed by atoms with Crippen LogP contribution in [-0.4, -0.2) is 36.3 Å². The quantitative estimate of drug-likeness (QED) is 0.767. The number of benzene rings is 2. The number of likely N-dealkylation sites (tertiary alicyclic amines) is 1. The Hall–Kier alpha value is -2.82. The van der Waals surface area contributed by atoms with Gasteiger partial charge in [-0.1, -0.05) is 36.4 Å². The molecule has 5 heteroatoms. The largest absolute Gasteiger partial charge is 0.450 e. The van der Waals surface area contributed by atoms with E-state index in [-0.39, 0.29) is 11.8 Å². The number of hydrogen-bond acceptors (Lipinski definition) is 3. The molecule has 1 aromatic heterocycles. The molecule has 2 aromatic carbocycles. The summed E-state index contributed by atoms with van der Waals surface area (Å²) in [7, 11) is 1.61. The number of aryl methyl sites for hydroxylation is 1. The summed E-state index contributed by atoms with van der Waals surface area (Å²) in [6, 6.07) is 11.6. The third-order valence-electron chi connectivity index (χ3n) is 5.34. The van der Waals surface area contributed by atoms with Gasteiger partial charge >= 0.3 is 0 Å². The van der Waals surface area contributed by atoms with Gasteiger partial charge in [-0.05, 0) is 31.6 Å². The molecule has 2 heterocycles. The average Bonchev–Trinajstić information content (AvgIpc) is 3.04. The number of hydrogen-bond donors (Lipinski definition) is 1. The Labute approximate surface area is 152 Å². The highest BCUT2D eigenvalue weighted by Crippen LogP contribution is 2.33. The topological polar surface area (TPSA) is 62.6 Å². The van der Waals surface area contributed by atoms with Crippen LogP contribution in [0.4, 0.5) is 0 Å². The first-order chi connectivity index (χ1) is 12.6. The number of fused-ring (bicyclic) bond motifs is 3. The van der Waals surface area contributed by atoms with Crippen LogP contribution in [0.1, 0.15) is 35.4 Å². The first kappa shape index (κ1) is 16.6. The summed E-state index contributed by atoms with van der Waals surface area (Å²) in [5, 5.41) is 5.69. The predicted molar refractivity (Wildman–Crippen MR) is 101 cm³/mol. The van der Waals surface area contributed by atoms with Crippen LogP contribution in [0.3, 0.4) is 0 Å². The highest BCUT2D eigenvalue weighted by Gasteiger charge is 2.34. The van der Waals surface area contributed by atoms with E-state index in [1.165, 1.54) is 0 Å². The van der Waals surface area contributed by atoms with Crippen LogP contribution < -0.4 is 5.32 Å². The van der Waals surface area contributed by atoms with Crippen LogP contribution in [0.5, 0.6) is 0 Å². The van der Waals surface area contributed by atoms with Crippen molar-refractivity contribution in [1.82, 2.24) is 10.2 Å². The van der Waals surface area contributed by atoms with Crippen LogP contribution in [0.15, 0.2) is 40.8 Å². The number of rotatable bonds is 2. The second-order valence-corrected chi connectivity index (χ2v) is 6.84. The molecular weight excluding hydrogens is 328 g/mol. The van der Waals surface area contributed by atoms with Crippen molar-refractivity contribution in [3.05, 3.63) is 47.7 Å². The number of nitrogens with one attached hydrogen (secondary N) is 1. The molecular formula is C21H22N2O3. The lowest BCUT2D eigenvalue weighted by Crippen LogP contribution is -2.51. The summed E-state index contributed by atoms with van der Waals surface area (Å²) >= 11 is 0. The zero-order chi connectivity index (χ0) is 18.3. The molecule has 1 fully saturated rings. The van der Waals surface area contributed by atoms with Gasteiger partial charge in [0.2, 0.25) is 5.91 Å². The number of amides is 2. The molecule has 0 aliphatic carbocycles. The molecule has 0 saturated carbocycles. The Morgan fingerprint density at radius 3 is 2.73 bits per heavy atom. The van der Waals surface area contributed by atoms with Crippen molar-refractivity contribution in [1.29, 1.82) is 0 Å². The lowest BCUT2D eigenvalue weighted by molar-refractivity contribution is -0.126. The van der Waals surface area contributed by atoms with Crippen LogP contribution in [-0.2, 0) is 4.79 Å². The molecule has 1 aliphatic heterocycles. The van der Waals surface area contributed by atoms with Gasteiger partial charge in [-0.2, -0.15) is 0 Å². The van der Waals surface area contributed by atoms with Crippen molar-refractivity contribution in [2.45, 2.75) is 32.2 Å². The van der Waals surface area contributed by atoms with Gasteiger partial charge in [0.1, 0.15) is 11.6 Å². The lowest BCUT2D eigenvalue weighted by atomic mass is 10.0. The Bertz CT molecular complexity index is 1010. The molecule has 4 rings (SSSR count). The van der Waals surface area contributed by atoms with E-state index in [9.17, 15) is 9.59 Å². The number of carbonyl (C=O) groups excluding carboxylic acids is 2. The number of carbonyl (C=O) groups is 2. The van der Waals surface area contributed by atoms with E-state index in [0.717, 1.165) is 40.1 Å². The highest BCUT2D eigenvalue weighted by molar-refractivity contribution is 6.09. The molecule has 0 unspecified atom stereocenters. The van der Waals surface area contributed by atoms with Crippen LogP contribution in [0.2, 0.25) is 0 Å². The fourth-order valence-electron chi connectivity index (χ4n) is 3.90. The summed E-state index contributed by atoms with van der Waals surface area (Å²) in [6.45, 7) is 2.49. The van der Waals surface area contributed by atoms with Crippen molar-refractivity contribution >= 4 is 33.6 Å². The summed E-state index contributed by atoms with van der Waals surface area (Å²) in [4.78, 5) is 27.1. The molecule has 0 radical (unpaired) electrons. The Balaban J connectivity index is 1.80. The number of piperidine rings is 1. The molecule has 5 nitrogen and oxygen atoms in total. The second kappa shape index (κ2) is 6.48. The maximum atomic E-state index is 13.2. The first-order valence-corrected chi connectivity index (χ1v) is 9.05. The summed E-state index contributed by atoms with van der Waals surface area (Å²) in [6.07, 6.45) is 2.54. The molecule has 0 spiro atoms. The minimum absolute atomic E-state index is 0.114. The Morgan fingerprint density at radius 1 is 1.12 bits per heavy atom. The number of nitrogens with zero attached hydrogens (tertiary/aromatic N) is 1. The van der Waals surface area contributed by atoms with Crippen molar-refractivity contribution in [2.75, 3.05) is 13.6 Å². The van der Waals surface area contributed by atoms with Gasteiger partial charge in [-0.3, -0.25) is 9.59 Å². The van der Waals surface area contributed by atoms with Crippen molar-refractivity contribution < 1.29 is 14.0 Å². The monoisotopic (exact) mass is 350 g/mol. The number of likely N-dealkylation sites (N-methyl/N-ethyl adjacent to an activating group) is 1. The van der Waals surface area contributed by atoms with Gasteiger partial charge < -0.3 is 14.6 Å². The van der Waals surface area contributed by atoms with Crippen LogP contribution in [0, 0.1) is 6.92 Å². The molecule has 1 atom stereocenters. The van der Waals surface area contributed by atoms with Gasteiger partial charge in [0.15, 0.2) is 5.76 Å². The summed E-state index contributed by atoms with van der Waals surface area (Å²) in [5.41, 5.74) is 1.56. The molecule has 1 saturated heterocycles. The van der Waals surface area contributed by atoms with Crippen molar-refractivity contribution in [3.63, 3.8) is 0 Å². The van der Waals surface area contributed by atoms with Gasteiger partial charge in [0.25, 0.3) is 5.91 Å². The molecule has 0 bridgehead atoms. The van der Waals surface area contributed by atoms with Crippen molar-refractivity contribution in [2.24, 2.45) is 0 Å². The second-order valence-electron chi connectivity index (χ2n) is 6.84. The third kappa shape index (κ3) is 2.55. The molecule has 3 aromatic rings. The molecule has 26 heavy (non-hydrogen) atoms. The Kier molecular flexibility index (Phi) is 4.15. The fourth-order valence-corrected chi connectivity index (χ4v) is 3.90. The summed E-state index contributed by atoms with van der Waals surface area (Å²) < 4.78 is 6.07. The minimum Gasteiger partial charge on any atom is -0.450 e. The van der Waals surface area contributed by atoms with E-state index in [0.29, 0.717) is 18.7 Å².